The van der Waals surface area contributed by atoms with Gasteiger partial charge in [-0.2, -0.15) is 5.10 Å². The summed E-state index contributed by atoms with van der Waals surface area (Å²) in [4.78, 5) is 10.4. The van der Waals surface area contributed by atoms with Gasteiger partial charge in [0.1, 0.15) is 10.6 Å². The molecule has 0 aliphatic carbocycles. The van der Waals surface area contributed by atoms with Crippen LogP contribution in [0.3, 0.4) is 0 Å². The molecule has 0 atom stereocenters. The van der Waals surface area contributed by atoms with E-state index in [1.165, 1.54) is 18.2 Å². The minimum absolute atomic E-state index is 0.161. The highest BCUT2D eigenvalue weighted by molar-refractivity contribution is 7.90. The molecule has 0 aliphatic rings. The molecular formula is C17H16N4O4S. The number of benzene rings is 2. The van der Waals surface area contributed by atoms with Gasteiger partial charge >= 0.3 is 5.69 Å². The highest BCUT2D eigenvalue weighted by Crippen LogP contribution is 2.32. The molecule has 0 aliphatic heterocycles. The van der Waals surface area contributed by atoms with E-state index in [1.807, 2.05) is 36.5 Å². The van der Waals surface area contributed by atoms with Crippen LogP contribution in [-0.4, -0.2) is 29.4 Å². The number of nitro benzene ring substituents is 1. The predicted molar refractivity (Wildman–Crippen MR) is 97.1 cm³/mol. The number of hydrogen-bond acceptors (Lipinski definition) is 6. The third-order valence-electron chi connectivity index (χ3n) is 3.77. The molecule has 1 aromatic heterocycles. The van der Waals surface area contributed by atoms with Crippen molar-refractivity contribution >= 4 is 21.2 Å². The van der Waals surface area contributed by atoms with Crippen LogP contribution in [0.1, 0.15) is 5.56 Å². The lowest BCUT2D eigenvalue weighted by Gasteiger charge is -2.10. The normalized spacial score (nSPS) is 11.3. The zero-order chi connectivity index (χ0) is 18.7. The Bertz CT molecular complexity index is 1030. The average molecular weight is 372 g/mol. The lowest BCUT2D eigenvalue weighted by Crippen LogP contribution is -2.08. The van der Waals surface area contributed by atoms with E-state index in [9.17, 15) is 18.5 Å². The molecule has 3 aromatic rings. The lowest BCUT2D eigenvalue weighted by atomic mass is 10.2. The van der Waals surface area contributed by atoms with Gasteiger partial charge in [-0.3, -0.25) is 10.1 Å². The Morgan fingerprint density at radius 2 is 1.88 bits per heavy atom. The maximum atomic E-state index is 11.8. The SMILES string of the molecule is CS(=O)(=O)c1cccc(NCc2ccc(-n3cccn3)cc2)c1[N+](=O)[O-]. The van der Waals surface area contributed by atoms with Crippen molar-refractivity contribution in [3.63, 3.8) is 0 Å². The van der Waals surface area contributed by atoms with Crippen LogP contribution in [0.15, 0.2) is 65.8 Å². The van der Waals surface area contributed by atoms with Crippen molar-refractivity contribution in [1.82, 2.24) is 9.78 Å². The Morgan fingerprint density at radius 1 is 1.15 bits per heavy atom. The standard InChI is InChI=1S/C17H16N4O4S/c1-26(24,25)16-5-2-4-15(17(16)21(22)23)18-12-13-6-8-14(9-7-13)20-11-3-10-19-20/h2-11,18H,12H2,1H3. The molecule has 1 N–H and O–H groups in total. The molecule has 0 saturated carbocycles. The molecule has 8 nitrogen and oxygen atoms in total. The number of nitro groups is 1. The minimum Gasteiger partial charge on any atom is -0.375 e. The van der Waals surface area contributed by atoms with Crippen molar-refractivity contribution in [2.45, 2.75) is 11.4 Å². The third kappa shape index (κ3) is 3.72. The largest absolute Gasteiger partial charge is 0.375 e. The van der Waals surface area contributed by atoms with E-state index < -0.39 is 20.4 Å². The first kappa shape index (κ1) is 17.6. The van der Waals surface area contributed by atoms with Crippen molar-refractivity contribution in [2.24, 2.45) is 0 Å². The fourth-order valence-corrected chi connectivity index (χ4v) is 3.40. The Balaban J connectivity index is 1.83. The molecule has 0 saturated heterocycles. The summed E-state index contributed by atoms with van der Waals surface area (Å²) in [6, 6.07) is 13.5. The minimum atomic E-state index is -3.71. The molecule has 0 amide bonds. The zero-order valence-electron chi connectivity index (χ0n) is 13.9. The molecule has 0 unspecified atom stereocenters. The summed E-state index contributed by atoms with van der Waals surface area (Å²) in [5.74, 6) is 0. The van der Waals surface area contributed by atoms with Crippen LogP contribution in [0.2, 0.25) is 0 Å². The van der Waals surface area contributed by atoms with Gasteiger partial charge in [-0.25, -0.2) is 13.1 Å². The molecular weight excluding hydrogens is 356 g/mol. The second-order valence-electron chi connectivity index (χ2n) is 5.65. The first-order chi connectivity index (χ1) is 12.4. The lowest BCUT2D eigenvalue weighted by molar-refractivity contribution is -0.386. The summed E-state index contributed by atoms with van der Waals surface area (Å²) in [5, 5.41) is 18.5. The second-order valence-corrected chi connectivity index (χ2v) is 7.64. The molecule has 134 valence electrons. The van der Waals surface area contributed by atoms with Crippen LogP contribution in [0.4, 0.5) is 11.4 Å². The maximum Gasteiger partial charge on any atom is 0.310 e. The molecule has 0 spiro atoms. The van der Waals surface area contributed by atoms with Gasteiger partial charge < -0.3 is 5.32 Å². The Hall–Kier alpha value is -3.20. The molecule has 0 fully saturated rings. The molecule has 0 bridgehead atoms. The number of aromatic nitrogens is 2. The van der Waals surface area contributed by atoms with Crippen molar-refractivity contribution in [3.8, 4) is 5.69 Å². The van der Waals surface area contributed by atoms with Crippen LogP contribution in [0, 0.1) is 10.1 Å². The van der Waals surface area contributed by atoms with Crippen LogP contribution >= 0.6 is 0 Å². The van der Waals surface area contributed by atoms with E-state index in [4.69, 9.17) is 0 Å². The number of nitrogens with one attached hydrogen (secondary N) is 1. The van der Waals surface area contributed by atoms with Crippen LogP contribution in [0.5, 0.6) is 0 Å². The second kappa shape index (κ2) is 6.96. The Morgan fingerprint density at radius 3 is 2.46 bits per heavy atom. The van der Waals surface area contributed by atoms with Gasteiger partial charge in [-0.15, -0.1) is 0 Å². The molecule has 3 rings (SSSR count). The summed E-state index contributed by atoms with van der Waals surface area (Å²) in [5.41, 5.74) is 1.50. The topological polar surface area (TPSA) is 107 Å². The summed E-state index contributed by atoms with van der Waals surface area (Å²) in [6.07, 6.45) is 4.46. The van der Waals surface area contributed by atoms with Gasteiger partial charge in [-0.1, -0.05) is 18.2 Å². The van der Waals surface area contributed by atoms with Crippen molar-refractivity contribution in [3.05, 3.63) is 76.6 Å². The molecule has 2 aromatic carbocycles. The predicted octanol–water partition coefficient (Wildman–Crippen LogP) is 2.80. The molecule has 1 heterocycles. The number of sulfone groups is 1. The summed E-state index contributed by atoms with van der Waals surface area (Å²) >= 11 is 0. The van der Waals surface area contributed by atoms with Crippen molar-refractivity contribution in [2.75, 3.05) is 11.6 Å². The van der Waals surface area contributed by atoms with Crippen LogP contribution < -0.4 is 5.32 Å². The smallest absolute Gasteiger partial charge is 0.310 e. The van der Waals surface area contributed by atoms with Gasteiger partial charge in [-0.05, 0) is 35.9 Å². The van der Waals surface area contributed by atoms with Gasteiger partial charge in [0.25, 0.3) is 0 Å². The number of nitrogens with zero attached hydrogens (tertiary/aromatic N) is 3. The highest BCUT2D eigenvalue weighted by Gasteiger charge is 2.25. The summed E-state index contributed by atoms with van der Waals surface area (Å²) in [6.45, 7) is 0.313. The first-order valence-corrected chi connectivity index (χ1v) is 9.56. The van der Waals surface area contributed by atoms with Gasteiger partial charge in [0.05, 0.1) is 10.6 Å². The van der Waals surface area contributed by atoms with Crippen molar-refractivity contribution < 1.29 is 13.3 Å². The van der Waals surface area contributed by atoms with E-state index in [0.717, 1.165) is 17.5 Å². The van der Waals surface area contributed by atoms with Gasteiger partial charge in [0.15, 0.2) is 9.84 Å². The number of hydrogen-bond donors (Lipinski definition) is 1. The van der Waals surface area contributed by atoms with E-state index >= 15 is 0 Å². The first-order valence-electron chi connectivity index (χ1n) is 7.66. The zero-order valence-corrected chi connectivity index (χ0v) is 14.7. The van der Waals surface area contributed by atoms with E-state index in [2.05, 4.69) is 10.4 Å². The monoisotopic (exact) mass is 372 g/mol. The number of para-hydroxylation sites is 1. The Kier molecular flexibility index (Phi) is 4.72. The third-order valence-corrected chi connectivity index (χ3v) is 4.90. The fourth-order valence-electron chi connectivity index (χ4n) is 2.54. The van der Waals surface area contributed by atoms with Crippen molar-refractivity contribution in [1.29, 1.82) is 0 Å². The maximum absolute atomic E-state index is 11.8. The fraction of sp³-hybridized carbons (Fsp3) is 0.118. The van der Waals surface area contributed by atoms with Gasteiger partial charge in [0, 0.05) is 25.2 Å². The Labute approximate surface area is 150 Å². The van der Waals surface area contributed by atoms with E-state index in [1.54, 1.807) is 10.9 Å². The quantitative estimate of drug-likeness (QED) is 0.527. The highest BCUT2D eigenvalue weighted by atomic mass is 32.2. The average Bonchev–Trinajstić information content (AvgIpc) is 3.13. The van der Waals surface area contributed by atoms with Gasteiger partial charge in [0.2, 0.25) is 0 Å². The molecule has 0 radical (unpaired) electrons. The summed E-state index contributed by atoms with van der Waals surface area (Å²) < 4.78 is 25.3. The molecule has 9 heteroatoms. The number of rotatable bonds is 6. The van der Waals surface area contributed by atoms with Crippen LogP contribution in [0.25, 0.3) is 5.69 Å². The summed E-state index contributed by atoms with van der Waals surface area (Å²) in [7, 11) is -3.71. The van der Waals surface area contributed by atoms with E-state index in [-0.39, 0.29) is 10.6 Å². The number of anilines is 1. The van der Waals surface area contributed by atoms with E-state index in [0.29, 0.717) is 6.54 Å². The van der Waals surface area contributed by atoms with Crippen LogP contribution in [-0.2, 0) is 16.4 Å². The molecule has 26 heavy (non-hydrogen) atoms.